The number of hydrogen-bond donors (Lipinski definition) is 0. The lowest BCUT2D eigenvalue weighted by molar-refractivity contribution is -0.132. The van der Waals surface area contributed by atoms with Crippen molar-refractivity contribution in [3.8, 4) is 17.2 Å². The second-order valence-corrected chi connectivity index (χ2v) is 6.65. The third-order valence-corrected chi connectivity index (χ3v) is 4.87. The number of aryl methyl sites for hydroxylation is 1. The number of amides is 1. The van der Waals surface area contributed by atoms with E-state index in [-0.39, 0.29) is 5.91 Å². The van der Waals surface area contributed by atoms with E-state index in [1.54, 1.807) is 0 Å². The Morgan fingerprint density at radius 2 is 1.89 bits per heavy atom. The lowest BCUT2D eigenvalue weighted by atomic mass is 10.1. The zero-order chi connectivity index (χ0) is 19.2. The number of nitrogens with zero attached hydrogens (tertiary/aromatic N) is 1. The average molecular weight is 369 g/mol. The maximum Gasteiger partial charge on any atom is 0.226 e. The minimum atomic E-state index is 0.0668. The fraction of sp³-hybridized carbons (Fsp3) is 0.409. The van der Waals surface area contributed by atoms with Crippen LogP contribution >= 0.6 is 0 Å². The molecule has 27 heavy (non-hydrogen) atoms. The highest BCUT2D eigenvalue weighted by atomic mass is 16.6. The first-order valence-corrected chi connectivity index (χ1v) is 9.44. The maximum atomic E-state index is 12.7. The Labute approximate surface area is 160 Å². The third kappa shape index (κ3) is 4.54. The molecule has 0 aromatic heterocycles. The monoisotopic (exact) mass is 369 g/mol. The number of hydrogen-bond acceptors (Lipinski definition) is 4. The molecular weight excluding hydrogens is 342 g/mol. The number of fused-ring (bicyclic) bond motifs is 1. The molecule has 3 rings (SSSR count). The Balaban J connectivity index is 1.59. The molecule has 0 saturated heterocycles. The fourth-order valence-electron chi connectivity index (χ4n) is 3.13. The predicted octanol–water partition coefficient (Wildman–Crippen LogP) is 3.89. The molecule has 0 saturated carbocycles. The summed E-state index contributed by atoms with van der Waals surface area (Å²) in [6.45, 7) is 8.67. The van der Waals surface area contributed by atoms with Crippen LogP contribution in [-0.2, 0) is 11.3 Å². The van der Waals surface area contributed by atoms with Crippen molar-refractivity contribution in [1.29, 1.82) is 0 Å². The van der Waals surface area contributed by atoms with Gasteiger partial charge in [-0.15, -0.1) is 0 Å². The molecule has 5 heteroatoms. The van der Waals surface area contributed by atoms with Crippen LogP contribution in [0.5, 0.6) is 17.2 Å². The topological polar surface area (TPSA) is 48.0 Å². The Bertz CT molecular complexity index is 803. The molecule has 0 atom stereocenters. The number of carbonyl (C=O) groups excluding carboxylic acids is 1. The summed E-state index contributed by atoms with van der Waals surface area (Å²) in [5.41, 5.74) is 3.27. The Hall–Kier alpha value is -2.69. The summed E-state index contributed by atoms with van der Waals surface area (Å²) in [5, 5.41) is 0. The zero-order valence-corrected chi connectivity index (χ0v) is 16.3. The molecule has 0 spiro atoms. The van der Waals surface area contributed by atoms with E-state index in [0.29, 0.717) is 39.3 Å². The molecule has 144 valence electrons. The van der Waals surface area contributed by atoms with E-state index in [1.807, 2.05) is 49.1 Å². The van der Waals surface area contributed by atoms with Gasteiger partial charge in [0.1, 0.15) is 19.0 Å². The van der Waals surface area contributed by atoms with Gasteiger partial charge in [-0.2, -0.15) is 0 Å². The van der Waals surface area contributed by atoms with Crippen LogP contribution in [0, 0.1) is 13.8 Å². The predicted molar refractivity (Wildman–Crippen MR) is 105 cm³/mol. The van der Waals surface area contributed by atoms with E-state index in [1.165, 1.54) is 5.56 Å². The summed E-state index contributed by atoms with van der Waals surface area (Å²) in [7, 11) is 0. The second-order valence-electron chi connectivity index (χ2n) is 6.65. The molecular formula is C22H27NO4. The summed E-state index contributed by atoms with van der Waals surface area (Å²) in [5.74, 6) is 2.41. The minimum absolute atomic E-state index is 0.0668. The van der Waals surface area contributed by atoms with Crippen LogP contribution in [0.3, 0.4) is 0 Å². The molecule has 0 aliphatic carbocycles. The van der Waals surface area contributed by atoms with E-state index >= 15 is 0 Å². The summed E-state index contributed by atoms with van der Waals surface area (Å²) in [6, 6.07) is 11.8. The van der Waals surface area contributed by atoms with Crippen LogP contribution in [0.2, 0.25) is 0 Å². The van der Waals surface area contributed by atoms with E-state index in [4.69, 9.17) is 14.2 Å². The van der Waals surface area contributed by atoms with Crippen molar-refractivity contribution in [1.82, 2.24) is 4.90 Å². The van der Waals surface area contributed by atoms with Crippen molar-refractivity contribution in [2.24, 2.45) is 0 Å². The molecule has 0 fully saturated rings. The van der Waals surface area contributed by atoms with Crippen molar-refractivity contribution in [3.63, 3.8) is 0 Å². The van der Waals surface area contributed by atoms with Crippen molar-refractivity contribution >= 4 is 5.91 Å². The van der Waals surface area contributed by atoms with Gasteiger partial charge in [0.05, 0.1) is 13.0 Å². The summed E-state index contributed by atoms with van der Waals surface area (Å²) >= 11 is 0. The summed E-state index contributed by atoms with van der Waals surface area (Å²) in [4.78, 5) is 14.5. The molecule has 2 aromatic rings. The van der Waals surface area contributed by atoms with Gasteiger partial charge in [-0.25, -0.2) is 0 Å². The number of para-hydroxylation sites is 1. The van der Waals surface area contributed by atoms with E-state index in [2.05, 4.69) is 13.0 Å². The van der Waals surface area contributed by atoms with Crippen LogP contribution in [-0.4, -0.2) is 37.2 Å². The molecule has 1 aliphatic rings. The normalized spacial score (nSPS) is 12.6. The number of ether oxygens (including phenoxy) is 3. The molecule has 0 radical (unpaired) electrons. The average Bonchev–Trinajstić information content (AvgIpc) is 2.69. The fourth-order valence-corrected chi connectivity index (χ4v) is 3.13. The van der Waals surface area contributed by atoms with Gasteiger partial charge in [0.15, 0.2) is 11.5 Å². The van der Waals surface area contributed by atoms with E-state index in [9.17, 15) is 4.79 Å². The van der Waals surface area contributed by atoms with Crippen LogP contribution < -0.4 is 14.2 Å². The molecule has 0 bridgehead atoms. The molecule has 1 heterocycles. The largest absolute Gasteiger partial charge is 0.493 e. The smallest absolute Gasteiger partial charge is 0.226 e. The van der Waals surface area contributed by atoms with Gasteiger partial charge in [-0.1, -0.05) is 24.3 Å². The van der Waals surface area contributed by atoms with Gasteiger partial charge in [0, 0.05) is 18.7 Å². The van der Waals surface area contributed by atoms with Gasteiger partial charge in [0.25, 0.3) is 0 Å². The zero-order valence-electron chi connectivity index (χ0n) is 16.3. The third-order valence-electron chi connectivity index (χ3n) is 4.87. The first kappa shape index (κ1) is 19.1. The highest BCUT2D eigenvalue weighted by molar-refractivity contribution is 5.76. The Kier molecular flexibility index (Phi) is 6.22. The number of benzene rings is 2. The lowest BCUT2D eigenvalue weighted by Gasteiger charge is -2.25. The Morgan fingerprint density at radius 1 is 1.11 bits per heavy atom. The van der Waals surface area contributed by atoms with Crippen molar-refractivity contribution in [2.75, 3.05) is 26.4 Å². The molecule has 0 unspecified atom stereocenters. The van der Waals surface area contributed by atoms with Crippen LogP contribution in [0.15, 0.2) is 36.4 Å². The first-order chi connectivity index (χ1) is 13.1. The summed E-state index contributed by atoms with van der Waals surface area (Å²) in [6.07, 6.45) is 0.341. The van der Waals surface area contributed by atoms with Crippen LogP contribution in [0.1, 0.15) is 30.0 Å². The van der Waals surface area contributed by atoms with E-state index < -0.39 is 0 Å². The van der Waals surface area contributed by atoms with Gasteiger partial charge < -0.3 is 19.1 Å². The highest BCUT2D eigenvalue weighted by Gasteiger charge is 2.19. The van der Waals surface area contributed by atoms with Crippen molar-refractivity contribution < 1.29 is 19.0 Å². The molecule has 0 N–H and O–H groups in total. The number of carbonyl (C=O) groups is 1. The lowest BCUT2D eigenvalue weighted by Crippen LogP contribution is -2.31. The van der Waals surface area contributed by atoms with Gasteiger partial charge >= 0.3 is 0 Å². The molecule has 1 aliphatic heterocycles. The molecule has 2 aromatic carbocycles. The Morgan fingerprint density at radius 3 is 2.70 bits per heavy atom. The first-order valence-electron chi connectivity index (χ1n) is 9.44. The van der Waals surface area contributed by atoms with Crippen LogP contribution in [0.25, 0.3) is 0 Å². The van der Waals surface area contributed by atoms with Crippen molar-refractivity contribution in [2.45, 2.75) is 33.7 Å². The van der Waals surface area contributed by atoms with Crippen LogP contribution in [0.4, 0.5) is 0 Å². The van der Waals surface area contributed by atoms with Gasteiger partial charge in [-0.05, 0) is 44.0 Å². The van der Waals surface area contributed by atoms with E-state index in [0.717, 1.165) is 28.4 Å². The van der Waals surface area contributed by atoms with Crippen molar-refractivity contribution in [3.05, 3.63) is 53.1 Å². The SMILES string of the molecule is CCN(Cc1cccc2c1OCCO2)C(=O)CCOc1cccc(C)c1C. The molecule has 5 nitrogen and oxygen atoms in total. The number of rotatable bonds is 7. The maximum absolute atomic E-state index is 12.7. The summed E-state index contributed by atoms with van der Waals surface area (Å²) < 4.78 is 17.2. The standard InChI is InChI=1S/C22H27NO4/c1-4-23(15-18-8-6-10-20-22(18)27-14-13-26-20)21(24)11-12-25-19-9-5-7-16(2)17(19)3/h5-10H,4,11-15H2,1-3H3. The van der Waals surface area contributed by atoms with Gasteiger partial charge in [0.2, 0.25) is 5.91 Å². The second kappa shape index (κ2) is 8.80. The quantitative estimate of drug-likeness (QED) is 0.743. The van der Waals surface area contributed by atoms with Gasteiger partial charge in [-0.3, -0.25) is 4.79 Å². The molecule has 1 amide bonds. The highest BCUT2D eigenvalue weighted by Crippen LogP contribution is 2.34. The minimum Gasteiger partial charge on any atom is -0.493 e.